The minimum Gasteiger partial charge on any atom is -0.497 e. The molecule has 0 atom stereocenters. The van der Waals surface area contributed by atoms with Crippen LogP contribution in [-0.4, -0.2) is 105 Å². The Bertz CT molecular complexity index is 1590. The van der Waals surface area contributed by atoms with Crippen LogP contribution in [-0.2, 0) is 11.2 Å². The molecular weight excluding hydrogens is 562 g/mol. The number of β-amino-alcohol motifs (C(OH)–C–C–N with tert-alkyl or cyclic N) is 2. The summed E-state index contributed by atoms with van der Waals surface area (Å²) in [5.74, 6) is -17.8. The number of nitrogens with two attached hydrogens (primary N) is 1. The Balaban J connectivity index is 1.55. The van der Waals surface area contributed by atoms with Crippen molar-refractivity contribution < 1.29 is 60.0 Å². The van der Waals surface area contributed by atoms with Crippen molar-refractivity contribution >= 4 is 29.1 Å². The van der Waals surface area contributed by atoms with Crippen LogP contribution in [0.15, 0.2) is 48.5 Å². The highest BCUT2D eigenvalue weighted by atomic mass is 16.7. The van der Waals surface area contributed by atoms with Gasteiger partial charge in [0, 0.05) is 16.9 Å². The summed E-state index contributed by atoms with van der Waals surface area (Å²) in [6.07, 6.45) is -0.695. The first-order valence-electron chi connectivity index (χ1n) is 12.1. The number of fused-ring (bicyclic) bond motifs is 1. The number of primary amides is 1. The van der Waals surface area contributed by atoms with Gasteiger partial charge in [-0.05, 0) is 48.5 Å². The van der Waals surface area contributed by atoms with Crippen LogP contribution in [0, 0.1) is 0 Å². The van der Waals surface area contributed by atoms with Crippen LogP contribution >= 0.6 is 0 Å². The molecule has 0 saturated carbocycles. The lowest BCUT2D eigenvalue weighted by Gasteiger charge is -2.49. The van der Waals surface area contributed by atoms with E-state index in [0.717, 1.165) is 28.9 Å². The fourth-order valence-electron chi connectivity index (χ4n) is 4.86. The lowest BCUT2D eigenvalue weighted by Crippen LogP contribution is -2.80. The molecule has 17 nitrogen and oxygen atoms in total. The molecule has 1 saturated heterocycles. The second-order valence-corrected chi connectivity index (χ2v) is 9.81. The van der Waals surface area contributed by atoms with Crippen molar-refractivity contribution in [3.8, 4) is 11.4 Å². The number of hydrogen-bond donors (Lipinski definition) is 9. The zero-order valence-corrected chi connectivity index (χ0v) is 21.6. The van der Waals surface area contributed by atoms with E-state index >= 15 is 0 Å². The summed E-state index contributed by atoms with van der Waals surface area (Å²) in [5.41, 5.74) is 4.67. The van der Waals surface area contributed by atoms with Gasteiger partial charge >= 0.3 is 5.79 Å². The molecule has 5 rings (SSSR count). The monoisotopic (exact) mass is 587 g/mol. The van der Waals surface area contributed by atoms with Crippen molar-refractivity contribution in [3.63, 3.8) is 0 Å². The minimum absolute atomic E-state index is 0.124. The average Bonchev–Trinajstić information content (AvgIpc) is 3.30. The molecule has 3 aromatic rings. The number of hydrogen-bond acceptors (Lipinski definition) is 13. The maximum absolute atomic E-state index is 13.8. The molecule has 2 aliphatic heterocycles. The maximum atomic E-state index is 13.8. The third-order valence-electron chi connectivity index (χ3n) is 7.10. The fraction of sp³-hybridized carbons (Fsp3) is 0.280. The lowest BCUT2D eigenvalue weighted by atomic mass is 9.89. The van der Waals surface area contributed by atoms with Gasteiger partial charge in [-0.15, -0.1) is 0 Å². The number of methoxy groups -OCH3 is 1. The predicted octanol–water partition coefficient (Wildman–Crippen LogP) is -3.79. The van der Waals surface area contributed by atoms with Gasteiger partial charge in [0.05, 0.1) is 25.8 Å². The summed E-state index contributed by atoms with van der Waals surface area (Å²) in [6, 6.07) is 10.6. The second kappa shape index (κ2) is 9.28. The Kier molecular flexibility index (Phi) is 6.41. The van der Waals surface area contributed by atoms with E-state index in [4.69, 9.17) is 10.5 Å². The van der Waals surface area contributed by atoms with Gasteiger partial charge < -0.3 is 56.2 Å². The summed E-state index contributed by atoms with van der Waals surface area (Å²) < 4.78 is 6.24. The molecule has 0 unspecified atom stereocenters. The minimum atomic E-state index is -4.05. The quantitative estimate of drug-likeness (QED) is 0.130. The van der Waals surface area contributed by atoms with Crippen LogP contribution in [0.5, 0.6) is 5.75 Å². The number of carbonyl (C=O) groups is 3. The number of rotatable bonds is 5. The first-order valence-corrected chi connectivity index (χ1v) is 12.1. The molecule has 0 radical (unpaired) electrons. The number of piperidine rings is 1. The Morgan fingerprint density at radius 3 is 1.98 bits per heavy atom. The van der Waals surface area contributed by atoms with Gasteiger partial charge in [-0.2, -0.15) is 5.10 Å². The van der Waals surface area contributed by atoms with E-state index in [1.807, 2.05) is 0 Å². The zero-order valence-electron chi connectivity index (χ0n) is 21.6. The average molecular weight is 587 g/mol. The summed E-state index contributed by atoms with van der Waals surface area (Å²) in [4.78, 5) is 39.5. The first kappa shape index (κ1) is 29.0. The third kappa shape index (κ3) is 4.11. The van der Waals surface area contributed by atoms with Crippen molar-refractivity contribution in [1.82, 2.24) is 9.78 Å². The molecule has 3 amide bonds. The molecule has 2 aromatic carbocycles. The van der Waals surface area contributed by atoms with Gasteiger partial charge in [-0.3, -0.25) is 19.3 Å². The Morgan fingerprint density at radius 2 is 1.43 bits per heavy atom. The molecule has 222 valence electrons. The Morgan fingerprint density at radius 1 is 0.881 bits per heavy atom. The van der Waals surface area contributed by atoms with E-state index in [2.05, 4.69) is 5.10 Å². The van der Waals surface area contributed by atoms with Crippen molar-refractivity contribution in [3.05, 3.63) is 65.5 Å². The molecule has 3 heterocycles. The fourth-order valence-corrected chi connectivity index (χ4v) is 4.86. The van der Waals surface area contributed by atoms with Gasteiger partial charge in [-0.1, -0.05) is 0 Å². The van der Waals surface area contributed by atoms with E-state index in [9.17, 15) is 55.2 Å². The number of aliphatic hydroxyl groups is 8. The molecule has 17 heteroatoms. The van der Waals surface area contributed by atoms with Crippen molar-refractivity contribution in [1.29, 1.82) is 0 Å². The highest BCUT2D eigenvalue weighted by Gasteiger charge is 2.70. The molecule has 1 fully saturated rings. The molecular formula is C25H25N5O12. The van der Waals surface area contributed by atoms with Crippen LogP contribution in [0.25, 0.3) is 5.69 Å². The Hall–Kier alpha value is -4.46. The SMILES string of the molecule is COc1ccc(-n2nc(C(N)=O)c3c2C(=O)N(c2ccc(N4CC(O)(O)C(O)(O)C(O)(O)C4=O)cc2)C(O)(O)C3)cc1. The highest BCUT2D eigenvalue weighted by molar-refractivity contribution is 6.10. The van der Waals surface area contributed by atoms with Crippen LogP contribution in [0.4, 0.5) is 11.4 Å². The topological polar surface area (TPSA) is 273 Å². The molecule has 0 bridgehead atoms. The standard InChI is InChI=1S/C25H25N5O12/c1-42-15-8-6-14(7-9-15)30-18-16(17(27-30)19(26)31)10-23(36,37)29(20(18)32)13-4-2-12(3-5-13)28-11-22(34,35)25(40,41)24(38,39)21(28)33/h2-9,34-41H,10-11H2,1H3,(H2,26,31). The summed E-state index contributed by atoms with van der Waals surface area (Å²) in [5, 5.41) is 85.5. The van der Waals surface area contributed by atoms with Gasteiger partial charge in [-0.25, -0.2) is 4.68 Å². The summed E-state index contributed by atoms with van der Waals surface area (Å²) >= 11 is 0. The number of ether oxygens (including phenoxy) is 1. The Labute approximate surface area is 235 Å². The number of nitrogens with zero attached hydrogens (tertiary/aromatic N) is 4. The van der Waals surface area contributed by atoms with Crippen LogP contribution in [0.1, 0.15) is 26.5 Å². The van der Waals surface area contributed by atoms with E-state index in [1.165, 1.54) is 19.2 Å². The summed E-state index contributed by atoms with van der Waals surface area (Å²) in [7, 11) is 1.45. The molecule has 1 aromatic heterocycles. The number of amides is 3. The van der Waals surface area contributed by atoms with Crippen molar-refractivity contribution in [2.45, 2.75) is 29.7 Å². The molecule has 42 heavy (non-hydrogen) atoms. The second-order valence-electron chi connectivity index (χ2n) is 9.81. The highest BCUT2D eigenvalue weighted by Crippen LogP contribution is 2.39. The van der Waals surface area contributed by atoms with Gasteiger partial charge in [0.15, 0.2) is 5.69 Å². The molecule has 0 spiro atoms. The largest absolute Gasteiger partial charge is 0.497 e. The summed E-state index contributed by atoms with van der Waals surface area (Å²) in [6.45, 7) is -1.21. The van der Waals surface area contributed by atoms with Crippen molar-refractivity contribution in [2.75, 3.05) is 23.5 Å². The predicted molar refractivity (Wildman–Crippen MR) is 137 cm³/mol. The third-order valence-corrected chi connectivity index (χ3v) is 7.10. The first-order chi connectivity index (χ1) is 19.4. The van der Waals surface area contributed by atoms with Gasteiger partial charge in [0.25, 0.3) is 29.4 Å². The lowest BCUT2D eigenvalue weighted by molar-refractivity contribution is -0.440. The van der Waals surface area contributed by atoms with Gasteiger partial charge in [0.1, 0.15) is 11.4 Å². The zero-order chi connectivity index (χ0) is 31.0. The van der Waals surface area contributed by atoms with Crippen LogP contribution in [0.2, 0.25) is 0 Å². The van der Waals surface area contributed by atoms with E-state index in [1.54, 1.807) is 12.1 Å². The number of aromatic nitrogens is 2. The van der Waals surface area contributed by atoms with Crippen LogP contribution in [0.3, 0.4) is 0 Å². The number of carbonyl (C=O) groups excluding carboxylic acids is 3. The molecule has 2 aliphatic rings. The number of anilines is 2. The number of benzene rings is 2. The van der Waals surface area contributed by atoms with E-state index in [0.29, 0.717) is 21.2 Å². The maximum Gasteiger partial charge on any atom is 0.306 e. The van der Waals surface area contributed by atoms with E-state index in [-0.39, 0.29) is 28.3 Å². The normalized spacial score (nSPS) is 20.3. The van der Waals surface area contributed by atoms with Crippen LogP contribution < -0.4 is 20.3 Å². The van der Waals surface area contributed by atoms with E-state index < -0.39 is 54.0 Å². The smallest absolute Gasteiger partial charge is 0.306 e. The molecule has 10 N–H and O–H groups in total. The molecule has 0 aliphatic carbocycles. The van der Waals surface area contributed by atoms with Gasteiger partial charge in [0.2, 0.25) is 5.79 Å². The van der Waals surface area contributed by atoms with Crippen molar-refractivity contribution in [2.24, 2.45) is 5.73 Å².